The number of rotatable bonds is 5. The number of carboxylic acid groups (broad SMARTS) is 1. The molecule has 0 heterocycles. The Morgan fingerprint density at radius 1 is 1.23 bits per heavy atom. The maximum atomic E-state index is 12.0. The zero-order valence-electron chi connectivity index (χ0n) is 13.5. The number of carbonyl (C=O) groups excluding carboxylic acids is 1. The number of carbonyl (C=O) groups is 2. The summed E-state index contributed by atoms with van der Waals surface area (Å²) in [5.41, 5.74) is 1.26. The summed E-state index contributed by atoms with van der Waals surface area (Å²) < 4.78 is 6.47. The van der Waals surface area contributed by atoms with E-state index in [4.69, 9.17) is 17.0 Å². The summed E-state index contributed by atoms with van der Waals surface area (Å²) in [7, 11) is 0. The lowest BCUT2D eigenvalue weighted by atomic mass is 10.2. The van der Waals surface area contributed by atoms with Crippen LogP contribution in [0.25, 0.3) is 0 Å². The third-order valence-electron chi connectivity index (χ3n) is 3.14. The average Bonchev–Trinajstić information content (AvgIpc) is 2.55. The third-order valence-corrected chi connectivity index (χ3v) is 4.42. The Morgan fingerprint density at radius 2 is 1.96 bits per heavy atom. The molecule has 9 heteroatoms. The van der Waals surface area contributed by atoms with E-state index in [-0.39, 0.29) is 23.0 Å². The Morgan fingerprint density at radius 3 is 2.62 bits per heavy atom. The number of ether oxygens (including phenoxy) is 1. The third kappa shape index (κ3) is 5.79. The molecule has 1 amide bonds. The first-order valence-corrected chi connectivity index (χ1v) is 9.28. The molecule has 0 spiro atoms. The SMILES string of the molecule is Cc1cccc(OCC(=O)NC(=S)Nc2c(Br)cc(Br)cc2C(=O)O)c1. The van der Waals surface area contributed by atoms with Gasteiger partial charge < -0.3 is 15.2 Å². The predicted molar refractivity (Wildman–Crippen MR) is 110 cm³/mol. The van der Waals surface area contributed by atoms with Gasteiger partial charge in [0.05, 0.1) is 11.3 Å². The van der Waals surface area contributed by atoms with Crippen LogP contribution in [-0.2, 0) is 4.79 Å². The molecule has 0 aromatic heterocycles. The van der Waals surface area contributed by atoms with Gasteiger partial charge in [-0.05, 0) is 64.9 Å². The average molecular weight is 502 g/mol. The van der Waals surface area contributed by atoms with E-state index in [2.05, 4.69) is 42.5 Å². The second kappa shape index (κ2) is 9.11. The number of thiocarbonyl (C=S) groups is 1. The summed E-state index contributed by atoms with van der Waals surface area (Å²) in [5.74, 6) is -1.02. The molecule has 136 valence electrons. The minimum absolute atomic E-state index is 0.00106. The fourth-order valence-electron chi connectivity index (χ4n) is 2.03. The molecule has 0 atom stereocenters. The molecule has 0 aliphatic rings. The van der Waals surface area contributed by atoms with Gasteiger partial charge in [0.2, 0.25) is 0 Å². The van der Waals surface area contributed by atoms with Crippen LogP contribution < -0.4 is 15.4 Å². The van der Waals surface area contributed by atoms with Crippen LogP contribution in [0.15, 0.2) is 45.3 Å². The monoisotopic (exact) mass is 500 g/mol. The van der Waals surface area contributed by atoms with E-state index in [0.29, 0.717) is 14.7 Å². The first-order chi connectivity index (χ1) is 12.3. The van der Waals surface area contributed by atoms with Gasteiger partial charge in [-0.3, -0.25) is 10.1 Å². The van der Waals surface area contributed by atoms with Gasteiger partial charge in [0.15, 0.2) is 11.7 Å². The predicted octanol–water partition coefficient (Wildman–Crippen LogP) is 4.11. The van der Waals surface area contributed by atoms with E-state index in [9.17, 15) is 14.7 Å². The number of anilines is 1. The highest BCUT2D eigenvalue weighted by molar-refractivity contribution is 9.11. The van der Waals surface area contributed by atoms with Crippen molar-refractivity contribution in [2.24, 2.45) is 0 Å². The van der Waals surface area contributed by atoms with Gasteiger partial charge in [0.1, 0.15) is 5.75 Å². The smallest absolute Gasteiger partial charge is 0.337 e. The Kier molecular flexibility index (Phi) is 7.13. The topological polar surface area (TPSA) is 87.7 Å². The van der Waals surface area contributed by atoms with Crippen molar-refractivity contribution in [3.05, 3.63) is 56.5 Å². The Labute approximate surface area is 172 Å². The van der Waals surface area contributed by atoms with Gasteiger partial charge in [-0.2, -0.15) is 0 Å². The van der Waals surface area contributed by atoms with E-state index in [0.717, 1.165) is 5.56 Å². The number of carboxylic acids is 1. The molecular formula is C17H14Br2N2O4S. The molecule has 0 saturated carbocycles. The lowest BCUT2D eigenvalue weighted by Gasteiger charge is -2.14. The zero-order valence-corrected chi connectivity index (χ0v) is 17.5. The molecule has 0 fully saturated rings. The van der Waals surface area contributed by atoms with E-state index in [1.165, 1.54) is 6.07 Å². The highest BCUT2D eigenvalue weighted by atomic mass is 79.9. The number of benzene rings is 2. The second-order valence-electron chi connectivity index (χ2n) is 5.22. The number of hydrogen-bond donors (Lipinski definition) is 3. The van der Waals surface area contributed by atoms with E-state index in [1.807, 2.05) is 25.1 Å². The highest BCUT2D eigenvalue weighted by Crippen LogP contribution is 2.30. The van der Waals surface area contributed by atoms with Gasteiger partial charge in [-0.1, -0.05) is 28.1 Å². The van der Waals surface area contributed by atoms with Crippen LogP contribution in [0.5, 0.6) is 5.75 Å². The van der Waals surface area contributed by atoms with Crippen molar-refractivity contribution < 1.29 is 19.4 Å². The molecule has 26 heavy (non-hydrogen) atoms. The number of hydrogen-bond acceptors (Lipinski definition) is 4. The fraction of sp³-hybridized carbons (Fsp3) is 0.118. The summed E-state index contributed by atoms with van der Waals surface area (Å²) in [4.78, 5) is 23.3. The zero-order chi connectivity index (χ0) is 19.3. The Balaban J connectivity index is 1.98. The Hall–Kier alpha value is -1.97. The first kappa shape index (κ1) is 20.3. The maximum absolute atomic E-state index is 12.0. The van der Waals surface area contributed by atoms with Gasteiger partial charge in [0.25, 0.3) is 5.91 Å². The highest BCUT2D eigenvalue weighted by Gasteiger charge is 2.16. The molecule has 0 aliphatic carbocycles. The van der Waals surface area contributed by atoms with Crippen LogP contribution in [-0.4, -0.2) is 28.7 Å². The standard InChI is InChI=1S/C17H14Br2N2O4S/c1-9-3-2-4-11(5-9)25-8-14(22)20-17(26)21-15-12(16(23)24)6-10(18)7-13(15)19/h2-7H,8H2,1H3,(H,23,24)(H2,20,21,22,26). The van der Waals surface area contributed by atoms with E-state index in [1.54, 1.807) is 12.1 Å². The van der Waals surface area contributed by atoms with Crippen molar-refractivity contribution in [2.75, 3.05) is 11.9 Å². The van der Waals surface area contributed by atoms with Crippen LogP contribution in [0.2, 0.25) is 0 Å². The van der Waals surface area contributed by atoms with Crippen LogP contribution >= 0.6 is 44.1 Å². The molecule has 0 bridgehead atoms. The molecule has 3 N–H and O–H groups in total. The summed E-state index contributed by atoms with van der Waals surface area (Å²) in [6.07, 6.45) is 0. The first-order valence-electron chi connectivity index (χ1n) is 7.29. The van der Waals surface area contributed by atoms with Crippen LogP contribution in [0.4, 0.5) is 5.69 Å². The quantitative estimate of drug-likeness (QED) is 0.534. The number of aromatic carboxylic acids is 1. The molecule has 0 radical (unpaired) electrons. The van der Waals surface area contributed by atoms with Crippen molar-refractivity contribution in [2.45, 2.75) is 6.92 Å². The summed E-state index contributed by atoms with van der Waals surface area (Å²) in [6, 6.07) is 10.4. The summed E-state index contributed by atoms with van der Waals surface area (Å²) in [6.45, 7) is 1.70. The van der Waals surface area contributed by atoms with Gasteiger partial charge in [-0.25, -0.2) is 4.79 Å². The summed E-state index contributed by atoms with van der Waals surface area (Å²) in [5, 5.41) is 14.4. The van der Waals surface area contributed by atoms with Crippen LogP contribution in [0.1, 0.15) is 15.9 Å². The lowest BCUT2D eigenvalue weighted by molar-refractivity contribution is -0.121. The largest absolute Gasteiger partial charge is 0.484 e. The Bertz CT molecular complexity index is 874. The van der Waals surface area contributed by atoms with Crippen molar-refractivity contribution >= 4 is 66.8 Å². The van der Waals surface area contributed by atoms with Crippen molar-refractivity contribution in [3.63, 3.8) is 0 Å². The van der Waals surface area contributed by atoms with Gasteiger partial charge >= 0.3 is 5.97 Å². The molecule has 6 nitrogen and oxygen atoms in total. The number of amides is 1. The van der Waals surface area contributed by atoms with Crippen molar-refractivity contribution in [1.29, 1.82) is 0 Å². The maximum Gasteiger partial charge on any atom is 0.337 e. The van der Waals surface area contributed by atoms with E-state index < -0.39 is 11.9 Å². The van der Waals surface area contributed by atoms with Crippen molar-refractivity contribution in [3.8, 4) is 5.75 Å². The minimum atomic E-state index is -1.13. The molecule has 0 unspecified atom stereocenters. The lowest BCUT2D eigenvalue weighted by Crippen LogP contribution is -2.37. The minimum Gasteiger partial charge on any atom is -0.484 e. The normalized spacial score (nSPS) is 10.1. The number of aryl methyl sites for hydroxylation is 1. The summed E-state index contributed by atoms with van der Waals surface area (Å²) >= 11 is 11.6. The number of nitrogens with one attached hydrogen (secondary N) is 2. The fourth-order valence-corrected chi connectivity index (χ4v) is 3.57. The van der Waals surface area contributed by atoms with Gasteiger partial charge in [-0.15, -0.1) is 0 Å². The van der Waals surface area contributed by atoms with Gasteiger partial charge in [0, 0.05) is 8.95 Å². The van der Waals surface area contributed by atoms with Crippen molar-refractivity contribution in [1.82, 2.24) is 5.32 Å². The second-order valence-corrected chi connectivity index (χ2v) is 7.40. The molecule has 2 rings (SSSR count). The molecule has 0 aliphatic heterocycles. The molecule has 0 saturated heterocycles. The van der Waals surface area contributed by atoms with E-state index >= 15 is 0 Å². The number of halogens is 2. The molecule has 2 aromatic carbocycles. The molecule has 2 aromatic rings. The van der Waals surface area contributed by atoms with Crippen LogP contribution in [0, 0.1) is 6.92 Å². The van der Waals surface area contributed by atoms with Crippen LogP contribution in [0.3, 0.4) is 0 Å². The molecular weight excluding hydrogens is 488 g/mol.